The predicted octanol–water partition coefficient (Wildman–Crippen LogP) is 5.96. The molecule has 6 heteroatoms. The summed E-state index contributed by atoms with van der Waals surface area (Å²) in [7, 11) is 0. The van der Waals surface area contributed by atoms with Crippen molar-refractivity contribution in [3.8, 4) is 11.5 Å². The lowest BCUT2D eigenvalue weighted by Gasteiger charge is -2.34. The van der Waals surface area contributed by atoms with E-state index in [9.17, 15) is 9.90 Å². The Morgan fingerprint density at radius 2 is 1.81 bits per heavy atom. The maximum atomic E-state index is 11.9. The summed E-state index contributed by atoms with van der Waals surface area (Å²) in [6, 6.07) is 14.4. The molecule has 0 spiro atoms. The quantitative estimate of drug-likeness (QED) is 0.577. The van der Waals surface area contributed by atoms with E-state index in [-0.39, 0.29) is 0 Å². The maximum Gasteiger partial charge on any atom is 0.412 e. The second kappa shape index (κ2) is 6.84. The van der Waals surface area contributed by atoms with Crippen LogP contribution < -0.4 is 9.64 Å². The van der Waals surface area contributed by atoms with E-state index in [0.29, 0.717) is 22.3 Å². The molecular formula is C20H19ClN2O3. The molecule has 0 bridgehead atoms. The Hall–Kier alpha value is -2.79. The minimum absolute atomic E-state index is 0.341. The van der Waals surface area contributed by atoms with Gasteiger partial charge in [0.1, 0.15) is 16.7 Å². The first-order valence-electron chi connectivity index (χ1n) is 8.11. The van der Waals surface area contributed by atoms with Crippen LogP contribution in [0.2, 0.25) is 5.15 Å². The number of carboxylic acid groups (broad SMARTS) is 1. The zero-order chi connectivity index (χ0) is 18.9. The molecule has 1 aromatic heterocycles. The fourth-order valence-electron chi connectivity index (χ4n) is 2.87. The molecule has 0 aliphatic carbocycles. The van der Waals surface area contributed by atoms with Crippen LogP contribution in [0, 0.1) is 0 Å². The smallest absolute Gasteiger partial charge is 0.412 e. The largest absolute Gasteiger partial charge is 0.465 e. The maximum absolute atomic E-state index is 11.9. The summed E-state index contributed by atoms with van der Waals surface area (Å²) < 4.78 is 5.96. The zero-order valence-corrected chi connectivity index (χ0v) is 15.5. The molecule has 0 fully saturated rings. The van der Waals surface area contributed by atoms with E-state index in [2.05, 4.69) is 4.98 Å². The number of nitrogens with zero attached hydrogens (tertiary/aromatic N) is 2. The number of benzene rings is 2. The summed E-state index contributed by atoms with van der Waals surface area (Å²) >= 11 is 5.92. The van der Waals surface area contributed by atoms with Crippen LogP contribution in [0.1, 0.15) is 20.8 Å². The highest BCUT2D eigenvalue weighted by Gasteiger charge is 2.29. The molecule has 0 saturated heterocycles. The van der Waals surface area contributed by atoms with E-state index in [4.69, 9.17) is 16.3 Å². The van der Waals surface area contributed by atoms with Crippen molar-refractivity contribution in [1.29, 1.82) is 0 Å². The molecule has 0 aliphatic heterocycles. The van der Waals surface area contributed by atoms with Crippen LogP contribution in [0.15, 0.2) is 54.7 Å². The number of aromatic nitrogens is 1. The summed E-state index contributed by atoms with van der Waals surface area (Å²) in [4.78, 5) is 17.2. The van der Waals surface area contributed by atoms with Crippen LogP contribution in [0.25, 0.3) is 10.8 Å². The van der Waals surface area contributed by atoms with Crippen LogP contribution in [-0.2, 0) is 0 Å². The molecule has 0 radical (unpaired) electrons. The van der Waals surface area contributed by atoms with Crippen LogP contribution >= 0.6 is 11.6 Å². The molecule has 5 nitrogen and oxygen atoms in total. The van der Waals surface area contributed by atoms with Crippen molar-refractivity contribution in [3.05, 3.63) is 59.9 Å². The number of fused-ring (bicyclic) bond motifs is 1. The average molecular weight is 371 g/mol. The summed E-state index contributed by atoms with van der Waals surface area (Å²) in [5, 5.41) is 11.7. The number of hydrogen-bond acceptors (Lipinski definition) is 3. The molecule has 1 amide bonds. The minimum Gasteiger partial charge on any atom is -0.465 e. The van der Waals surface area contributed by atoms with Crippen molar-refractivity contribution in [1.82, 2.24) is 4.98 Å². The Labute approximate surface area is 156 Å². The number of anilines is 1. The van der Waals surface area contributed by atoms with Gasteiger partial charge in [0.05, 0.1) is 5.69 Å². The highest BCUT2D eigenvalue weighted by molar-refractivity contribution is 6.29. The van der Waals surface area contributed by atoms with Crippen molar-refractivity contribution in [2.75, 3.05) is 4.90 Å². The topological polar surface area (TPSA) is 62.7 Å². The van der Waals surface area contributed by atoms with Crippen LogP contribution in [0.5, 0.6) is 11.5 Å². The molecule has 1 heterocycles. The third kappa shape index (κ3) is 3.58. The number of amides is 1. The van der Waals surface area contributed by atoms with Gasteiger partial charge in [0.2, 0.25) is 0 Å². The van der Waals surface area contributed by atoms with Gasteiger partial charge in [0.25, 0.3) is 0 Å². The van der Waals surface area contributed by atoms with E-state index in [1.54, 1.807) is 30.5 Å². The van der Waals surface area contributed by atoms with E-state index in [1.807, 2.05) is 45.0 Å². The van der Waals surface area contributed by atoms with Crippen molar-refractivity contribution in [3.63, 3.8) is 0 Å². The second-order valence-corrected chi connectivity index (χ2v) is 7.22. The van der Waals surface area contributed by atoms with E-state index < -0.39 is 11.6 Å². The molecule has 134 valence electrons. The second-order valence-electron chi connectivity index (χ2n) is 6.83. The molecule has 0 saturated carbocycles. The molecule has 0 aliphatic rings. The first kappa shape index (κ1) is 18.0. The molecular weight excluding hydrogens is 352 g/mol. The van der Waals surface area contributed by atoms with Crippen LogP contribution in [-0.4, -0.2) is 21.7 Å². The molecule has 3 aromatic rings. The number of pyridine rings is 1. The first-order valence-corrected chi connectivity index (χ1v) is 8.49. The Balaban J connectivity index is 2.14. The molecule has 3 rings (SSSR count). The van der Waals surface area contributed by atoms with Gasteiger partial charge >= 0.3 is 6.09 Å². The minimum atomic E-state index is -1.00. The van der Waals surface area contributed by atoms with E-state index >= 15 is 0 Å². The number of rotatable bonds is 3. The summed E-state index contributed by atoms with van der Waals surface area (Å²) in [6.45, 7) is 5.58. The summed E-state index contributed by atoms with van der Waals surface area (Å²) in [5.74, 6) is 1.18. The highest BCUT2D eigenvalue weighted by Crippen LogP contribution is 2.38. The third-order valence-electron chi connectivity index (χ3n) is 3.89. The molecule has 26 heavy (non-hydrogen) atoms. The summed E-state index contributed by atoms with van der Waals surface area (Å²) in [5.41, 5.74) is 0.0241. The first-order chi connectivity index (χ1) is 12.3. The van der Waals surface area contributed by atoms with Gasteiger partial charge in [-0.25, -0.2) is 9.78 Å². The van der Waals surface area contributed by atoms with E-state index in [0.717, 1.165) is 10.8 Å². The van der Waals surface area contributed by atoms with Crippen LogP contribution in [0.4, 0.5) is 10.5 Å². The molecule has 1 N–H and O–H groups in total. The van der Waals surface area contributed by atoms with Crippen molar-refractivity contribution in [2.45, 2.75) is 26.3 Å². The van der Waals surface area contributed by atoms with Gasteiger partial charge in [-0.3, -0.25) is 4.90 Å². The van der Waals surface area contributed by atoms with Gasteiger partial charge in [-0.1, -0.05) is 35.9 Å². The normalized spacial score (nSPS) is 11.4. The lowest BCUT2D eigenvalue weighted by atomic mass is 10.0. The highest BCUT2D eigenvalue weighted by atomic mass is 35.5. The fourth-order valence-corrected chi connectivity index (χ4v) is 3.03. The van der Waals surface area contributed by atoms with Crippen molar-refractivity contribution < 1.29 is 14.6 Å². The van der Waals surface area contributed by atoms with Crippen molar-refractivity contribution in [2.24, 2.45) is 0 Å². The van der Waals surface area contributed by atoms with Gasteiger partial charge in [-0.15, -0.1) is 0 Å². The fraction of sp³-hybridized carbons (Fsp3) is 0.200. The Bertz CT molecular complexity index is 967. The Kier molecular flexibility index (Phi) is 4.74. The van der Waals surface area contributed by atoms with Gasteiger partial charge in [-0.05, 0) is 39.0 Å². The molecule has 0 unspecified atom stereocenters. The lowest BCUT2D eigenvalue weighted by molar-refractivity contribution is 0.196. The number of ether oxygens (including phenoxy) is 1. The molecule has 0 atom stereocenters. The Morgan fingerprint density at radius 3 is 2.42 bits per heavy atom. The number of carbonyl (C=O) groups is 1. The number of hydrogen-bond donors (Lipinski definition) is 1. The standard InChI is InChI=1S/C20H19ClN2O3/c1-20(2,3)23(19(24)25)16-8-9-17(15-7-5-4-6-14(15)16)26-13-10-11-22-18(21)12-13/h4-12H,1-3H3,(H,24,25). The zero-order valence-electron chi connectivity index (χ0n) is 14.7. The SMILES string of the molecule is CC(C)(C)N(C(=O)O)c1ccc(Oc2ccnc(Cl)c2)c2ccccc12. The predicted molar refractivity (Wildman–Crippen MR) is 104 cm³/mol. The Morgan fingerprint density at radius 1 is 1.12 bits per heavy atom. The van der Waals surface area contributed by atoms with Crippen molar-refractivity contribution >= 4 is 34.2 Å². The van der Waals surface area contributed by atoms with E-state index in [1.165, 1.54) is 4.90 Å². The monoisotopic (exact) mass is 370 g/mol. The van der Waals surface area contributed by atoms with Gasteiger partial charge in [0, 0.05) is 28.6 Å². The average Bonchev–Trinajstić information content (AvgIpc) is 2.55. The number of halogens is 1. The molecule has 2 aromatic carbocycles. The lowest BCUT2D eigenvalue weighted by Crippen LogP contribution is -2.45. The summed E-state index contributed by atoms with van der Waals surface area (Å²) in [6.07, 6.45) is 0.567. The van der Waals surface area contributed by atoms with Gasteiger partial charge < -0.3 is 9.84 Å². The van der Waals surface area contributed by atoms with Gasteiger partial charge in [0.15, 0.2) is 0 Å². The van der Waals surface area contributed by atoms with Gasteiger partial charge in [-0.2, -0.15) is 0 Å². The van der Waals surface area contributed by atoms with Crippen LogP contribution in [0.3, 0.4) is 0 Å². The third-order valence-corrected chi connectivity index (χ3v) is 4.10.